The van der Waals surface area contributed by atoms with E-state index < -0.39 is 0 Å². The molecule has 10 heavy (non-hydrogen) atoms. The van der Waals surface area contributed by atoms with E-state index in [-0.39, 0.29) is 5.60 Å². The van der Waals surface area contributed by atoms with Crippen LogP contribution in [0.15, 0.2) is 0 Å². The summed E-state index contributed by atoms with van der Waals surface area (Å²) in [5.74, 6) is 0. The van der Waals surface area contributed by atoms with Crippen molar-refractivity contribution in [2.75, 3.05) is 13.7 Å². The summed E-state index contributed by atoms with van der Waals surface area (Å²) in [6.45, 7) is 5.17. The fourth-order valence-electron chi connectivity index (χ4n) is 0.845. The average Bonchev–Trinajstić information content (AvgIpc) is 2.66. The zero-order valence-electron chi connectivity index (χ0n) is 7.02. The van der Waals surface area contributed by atoms with Crippen molar-refractivity contribution in [3.63, 3.8) is 0 Å². The maximum atomic E-state index is 5.26. The molecule has 60 valence electrons. The Morgan fingerprint density at radius 3 is 2.60 bits per heavy atom. The molecule has 1 heterocycles. The molecular formula is C8H16O2. The van der Waals surface area contributed by atoms with Crippen molar-refractivity contribution in [2.45, 2.75) is 38.4 Å². The molecule has 0 aromatic carbocycles. The maximum absolute atomic E-state index is 5.26. The molecule has 0 amide bonds. The molecule has 1 atom stereocenters. The van der Waals surface area contributed by atoms with Crippen LogP contribution in [0.25, 0.3) is 0 Å². The fourth-order valence-corrected chi connectivity index (χ4v) is 0.845. The second kappa shape index (κ2) is 2.89. The van der Waals surface area contributed by atoms with E-state index in [1.54, 1.807) is 7.11 Å². The van der Waals surface area contributed by atoms with Crippen LogP contribution in [-0.2, 0) is 9.47 Å². The Morgan fingerprint density at radius 2 is 2.20 bits per heavy atom. The van der Waals surface area contributed by atoms with E-state index in [9.17, 15) is 0 Å². The molecule has 2 nitrogen and oxygen atoms in total. The van der Waals surface area contributed by atoms with E-state index in [2.05, 4.69) is 13.8 Å². The van der Waals surface area contributed by atoms with Gasteiger partial charge in [0.25, 0.3) is 0 Å². The molecule has 1 aliphatic heterocycles. The van der Waals surface area contributed by atoms with Gasteiger partial charge in [0.2, 0.25) is 0 Å². The first-order chi connectivity index (χ1) is 4.64. The third-order valence-electron chi connectivity index (χ3n) is 2.02. The number of epoxide rings is 1. The third kappa shape index (κ3) is 2.67. The molecule has 1 aliphatic rings. The van der Waals surface area contributed by atoms with Crippen LogP contribution in [0.3, 0.4) is 0 Å². The Kier molecular flexibility index (Phi) is 2.32. The minimum absolute atomic E-state index is 0.0337. The van der Waals surface area contributed by atoms with E-state index in [0.717, 1.165) is 19.4 Å². The first-order valence-corrected chi connectivity index (χ1v) is 3.81. The quantitative estimate of drug-likeness (QED) is 0.559. The number of ether oxygens (including phenoxy) is 2. The van der Waals surface area contributed by atoms with Gasteiger partial charge in [-0.1, -0.05) is 0 Å². The highest BCUT2D eigenvalue weighted by Gasteiger charge is 2.26. The lowest BCUT2D eigenvalue weighted by molar-refractivity contribution is 0.0124. The summed E-state index contributed by atoms with van der Waals surface area (Å²) in [6, 6.07) is 0. The van der Waals surface area contributed by atoms with Crippen LogP contribution in [0, 0.1) is 0 Å². The molecule has 1 unspecified atom stereocenters. The lowest BCUT2D eigenvalue weighted by Gasteiger charge is -2.21. The van der Waals surface area contributed by atoms with Crippen molar-refractivity contribution in [1.29, 1.82) is 0 Å². The van der Waals surface area contributed by atoms with Crippen molar-refractivity contribution >= 4 is 0 Å². The summed E-state index contributed by atoms with van der Waals surface area (Å²) in [4.78, 5) is 0. The van der Waals surface area contributed by atoms with Gasteiger partial charge < -0.3 is 9.47 Å². The molecule has 0 aliphatic carbocycles. The van der Waals surface area contributed by atoms with Crippen LogP contribution in [0.2, 0.25) is 0 Å². The smallest absolute Gasteiger partial charge is 0.0811 e. The topological polar surface area (TPSA) is 21.8 Å². The molecular weight excluding hydrogens is 128 g/mol. The molecule has 1 saturated heterocycles. The van der Waals surface area contributed by atoms with E-state index in [1.807, 2.05) is 0 Å². The van der Waals surface area contributed by atoms with E-state index >= 15 is 0 Å². The maximum Gasteiger partial charge on any atom is 0.0811 e. The van der Waals surface area contributed by atoms with Crippen LogP contribution < -0.4 is 0 Å². The van der Waals surface area contributed by atoms with Crippen LogP contribution in [0.1, 0.15) is 26.7 Å². The van der Waals surface area contributed by atoms with Gasteiger partial charge in [-0.2, -0.15) is 0 Å². The van der Waals surface area contributed by atoms with Gasteiger partial charge in [0, 0.05) is 7.11 Å². The summed E-state index contributed by atoms with van der Waals surface area (Å²) < 4.78 is 10.4. The Morgan fingerprint density at radius 1 is 1.60 bits per heavy atom. The Labute approximate surface area is 62.5 Å². The summed E-state index contributed by atoms with van der Waals surface area (Å²) in [5, 5.41) is 0. The Hall–Kier alpha value is -0.0800. The minimum atomic E-state index is 0.0337. The number of hydrogen-bond acceptors (Lipinski definition) is 2. The van der Waals surface area contributed by atoms with Crippen molar-refractivity contribution in [1.82, 2.24) is 0 Å². The molecule has 0 spiro atoms. The lowest BCUT2D eigenvalue weighted by Crippen LogP contribution is -2.22. The summed E-state index contributed by atoms with van der Waals surface area (Å²) in [5.41, 5.74) is 0.0337. The molecule has 0 saturated carbocycles. The predicted octanol–water partition coefficient (Wildman–Crippen LogP) is 1.59. The van der Waals surface area contributed by atoms with Gasteiger partial charge >= 0.3 is 0 Å². The lowest BCUT2D eigenvalue weighted by atomic mass is 10.0. The van der Waals surface area contributed by atoms with Crippen molar-refractivity contribution < 1.29 is 9.47 Å². The summed E-state index contributed by atoms with van der Waals surface area (Å²) in [6.07, 6.45) is 2.77. The van der Waals surface area contributed by atoms with E-state index in [0.29, 0.717) is 6.10 Å². The van der Waals surface area contributed by atoms with Gasteiger partial charge in [0.15, 0.2) is 0 Å². The van der Waals surface area contributed by atoms with Crippen LogP contribution in [-0.4, -0.2) is 25.4 Å². The van der Waals surface area contributed by atoms with Gasteiger partial charge in [0.05, 0.1) is 18.3 Å². The van der Waals surface area contributed by atoms with E-state index in [4.69, 9.17) is 9.47 Å². The van der Waals surface area contributed by atoms with Gasteiger partial charge in [0.1, 0.15) is 0 Å². The monoisotopic (exact) mass is 144 g/mol. The molecule has 1 rings (SSSR count). The number of methoxy groups -OCH3 is 1. The Bertz CT molecular complexity index is 106. The first kappa shape index (κ1) is 8.02. The highest BCUT2D eigenvalue weighted by atomic mass is 16.6. The molecule has 0 aromatic heterocycles. The normalized spacial score (nSPS) is 24.9. The Balaban J connectivity index is 2.09. The summed E-state index contributed by atoms with van der Waals surface area (Å²) in [7, 11) is 1.76. The van der Waals surface area contributed by atoms with Crippen LogP contribution >= 0.6 is 0 Å². The van der Waals surface area contributed by atoms with Crippen molar-refractivity contribution in [2.24, 2.45) is 0 Å². The highest BCUT2D eigenvalue weighted by Crippen LogP contribution is 2.22. The molecule has 0 aromatic rings. The predicted molar refractivity (Wildman–Crippen MR) is 40.1 cm³/mol. The van der Waals surface area contributed by atoms with Crippen LogP contribution in [0.4, 0.5) is 0 Å². The standard InChI is InChI=1S/C8H16O2/c1-8(2,9-3)5-4-7-6-10-7/h7H,4-6H2,1-3H3. The second-order valence-corrected chi connectivity index (χ2v) is 3.46. The van der Waals surface area contributed by atoms with Gasteiger partial charge in [-0.05, 0) is 26.7 Å². The van der Waals surface area contributed by atoms with Crippen LogP contribution in [0.5, 0.6) is 0 Å². The first-order valence-electron chi connectivity index (χ1n) is 3.81. The molecule has 0 bridgehead atoms. The molecule has 0 radical (unpaired) electrons. The minimum Gasteiger partial charge on any atom is -0.379 e. The zero-order valence-corrected chi connectivity index (χ0v) is 7.02. The molecule has 1 fully saturated rings. The average molecular weight is 144 g/mol. The SMILES string of the molecule is COC(C)(C)CCC1CO1. The highest BCUT2D eigenvalue weighted by molar-refractivity contribution is 4.75. The molecule has 2 heteroatoms. The van der Waals surface area contributed by atoms with Gasteiger partial charge in [-0.25, -0.2) is 0 Å². The largest absolute Gasteiger partial charge is 0.379 e. The number of hydrogen-bond donors (Lipinski definition) is 0. The van der Waals surface area contributed by atoms with Crippen molar-refractivity contribution in [3.05, 3.63) is 0 Å². The third-order valence-corrected chi connectivity index (χ3v) is 2.02. The second-order valence-electron chi connectivity index (χ2n) is 3.46. The fraction of sp³-hybridized carbons (Fsp3) is 1.00. The van der Waals surface area contributed by atoms with E-state index in [1.165, 1.54) is 0 Å². The summed E-state index contributed by atoms with van der Waals surface area (Å²) >= 11 is 0. The van der Waals surface area contributed by atoms with Gasteiger partial charge in [-0.15, -0.1) is 0 Å². The molecule has 0 N–H and O–H groups in total. The van der Waals surface area contributed by atoms with Gasteiger partial charge in [-0.3, -0.25) is 0 Å². The van der Waals surface area contributed by atoms with Crippen molar-refractivity contribution in [3.8, 4) is 0 Å². The number of rotatable bonds is 4. The zero-order chi connectivity index (χ0) is 7.61.